The molecule has 0 fully saturated rings. The van der Waals surface area contributed by atoms with Gasteiger partial charge in [-0.15, -0.1) is 0 Å². The fraction of sp³-hybridized carbons (Fsp3) is 0.800. The van der Waals surface area contributed by atoms with Gasteiger partial charge in [-0.05, 0) is 18.3 Å². The first kappa shape index (κ1) is 12.9. The molecule has 0 aromatic carbocycles. The third-order valence-electron chi connectivity index (χ3n) is 2.30. The summed E-state index contributed by atoms with van der Waals surface area (Å²) in [6.45, 7) is 5.45. The Morgan fingerprint density at radius 1 is 1.14 bits per heavy atom. The van der Waals surface area contributed by atoms with Crippen LogP contribution in [-0.2, 0) is 9.59 Å². The predicted octanol–water partition coefficient (Wildman–Crippen LogP) is 1.84. The maximum Gasteiger partial charge on any atom is 0.306 e. The second-order valence-electron chi connectivity index (χ2n) is 4.13. The van der Waals surface area contributed by atoms with Gasteiger partial charge in [0, 0.05) is 6.42 Å². The first-order valence-electron chi connectivity index (χ1n) is 4.79. The molecule has 0 aromatic heterocycles. The minimum atomic E-state index is -0.870. The molecular formula is C10H18O4. The van der Waals surface area contributed by atoms with Crippen molar-refractivity contribution >= 4 is 11.9 Å². The van der Waals surface area contributed by atoms with Crippen LogP contribution >= 0.6 is 0 Å². The van der Waals surface area contributed by atoms with E-state index in [0.717, 1.165) is 0 Å². The first-order valence-corrected chi connectivity index (χ1v) is 4.79. The third-order valence-corrected chi connectivity index (χ3v) is 2.30. The molecule has 0 bridgehead atoms. The Hall–Kier alpha value is -1.06. The zero-order chi connectivity index (χ0) is 11.3. The summed E-state index contributed by atoms with van der Waals surface area (Å²) in [6, 6.07) is 0. The van der Waals surface area contributed by atoms with Crippen molar-refractivity contribution in [2.75, 3.05) is 0 Å². The molecule has 82 valence electrons. The zero-order valence-corrected chi connectivity index (χ0v) is 8.86. The van der Waals surface area contributed by atoms with Crippen LogP contribution in [0.5, 0.6) is 0 Å². The zero-order valence-electron chi connectivity index (χ0n) is 8.86. The quantitative estimate of drug-likeness (QED) is 0.689. The van der Waals surface area contributed by atoms with Crippen molar-refractivity contribution in [2.45, 2.75) is 33.6 Å². The van der Waals surface area contributed by atoms with E-state index in [0.29, 0.717) is 6.42 Å². The van der Waals surface area contributed by atoms with E-state index in [4.69, 9.17) is 10.2 Å². The van der Waals surface area contributed by atoms with Crippen LogP contribution in [0.3, 0.4) is 0 Å². The van der Waals surface area contributed by atoms with Gasteiger partial charge < -0.3 is 10.2 Å². The molecule has 0 rings (SSSR count). The van der Waals surface area contributed by atoms with Gasteiger partial charge in [-0.25, -0.2) is 0 Å². The van der Waals surface area contributed by atoms with Gasteiger partial charge in [0.1, 0.15) is 0 Å². The Morgan fingerprint density at radius 2 is 1.64 bits per heavy atom. The normalized spacial score (nSPS) is 15.1. The lowest BCUT2D eigenvalue weighted by Crippen LogP contribution is -2.23. The van der Waals surface area contributed by atoms with Crippen LogP contribution in [-0.4, -0.2) is 22.2 Å². The molecule has 4 heteroatoms. The Labute approximate surface area is 83.9 Å². The van der Waals surface area contributed by atoms with Crippen molar-refractivity contribution in [1.82, 2.24) is 0 Å². The van der Waals surface area contributed by atoms with E-state index in [-0.39, 0.29) is 18.3 Å². The highest BCUT2D eigenvalue weighted by Crippen LogP contribution is 2.22. The lowest BCUT2D eigenvalue weighted by Gasteiger charge is -2.19. The Kier molecular flexibility index (Phi) is 5.20. The SMILES string of the molecule is CC(CC(=O)O)CC(C(=O)O)C(C)C. The fourth-order valence-electron chi connectivity index (χ4n) is 1.47. The van der Waals surface area contributed by atoms with E-state index in [1.165, 1.54) is 0 Å². The predicted molar refractivity (Wildman–Crippen MR) is 52.0 cm³/mol. The maximum absolute atomic E-state index is 10.8. The highest BCUT2D eigenvalue weighted by Gasteiger charge is 2.24. The van der Waals surface area contributed by atoms with Gasteiger partial charge in [-0.1, -0.05) is 20.8 Å². The third kappa shape index (κ3) is 4.84. The van der Waals surface area contributed by atoms with Crippen LogP contribution in [0.4, 0.5) is 0 Å². The van der Waals surface area contributed by atoms with Gasteiger partial charge in [0.25, 0.3) is 0 Å². The monoisotopic (exact) mass is 202 g/mol. The highest BCUT2D eigenvalue weighted by molar-refractivity contribution is 5.70. The number of carboxylic acids is 2. The summed E-state index contributed by atoms with van der Waals surface area (Å²) >= 11 is 0. The van der Waals surface area contributed by atoms with E-state index in [2.05, 4.69) is 0 Å². The molecule has 4 nitrogen and oxygen atoms in total. The number of carboxylic acid groups (broad SMARTS) is 2. The molecule has 0 aliphatic heterocycles. The lowest BCUT2D eigenvalue weighted by molar-refractivity contribution is -0.145. The van der Waals surface area contributed by atoms with Crippen molar-refractivity contribution in [3.63, 3.8) is 0 Å². The second kappa shape index (κ2) is 5.62. The largest absolute Gasteiger partial charge is 0.481 e. The van der Waals surface area contributed by atoms with Gasteiger partial charge in [0.05, 0.1) is 5.92 Å². The number of hydrogen-bond acceptors (Lipinski definition) is 2. The first-order chi connectivity index (χ1) is 6.34. The minimum Gasteiger partial charge on any atom is -0.481 e. The Balaban J connectivity index is 4.16. The highest BCUT2D eigenvalue weighted by atomic mass is 16.4. The van der Waals surface area contributed by atoms with Crippen LogP contribution in [0.15, 0.2) is 0 Å². The summed E-state index contributed by atoms with van der Waals surface area (Å²) in [7, 11) is 0. The Morgan fingerprint density at radius 3 is 1.93 bits per heavy atom. The Bertz CT molecular complexity index is 210. The van der Waals surface area contributed by atoms with Gasteiger partial charge in [0.15, 0.2) is 0 Å². The van der Waals surface area contributed by atoms with E-state index in [1.807, 2.05) is 13.8 Å². The standard InChI is InChI=1S/C10H18O4/c1-6(2)8(10(13)14)4-7(3)5-9(11)12/h6-8H,4-5H2,1-3H3,(H,11,12)(H,13,14). The number of hydrogen-bond donors (Lipinski definition) is 2. The molecule has 0 heterocycles. The summed E-state index contributed by atoms with van der Waals surface area (Å²) in [4.78, 5) is 21.2. The summed E-state index contributed by atoms with van der Waals surface area (Å²) < 4.78 is 0. The van der Waals surface area contributed by atoms with Crippen LogP contribution in [0.2, 0.25) is 0 Å². The molecule has 2 atom stereocenters. The van der Waals surface area contributed by atoms with Crippen LogP contribution in [0.1, 0.15) is 33.6 Å². The number of aliphatic carboxylic acids is 2. The van der Waals surface area contributed by atoms with Crippen molar-refractivity contribution in [3.8, 4) is 0 Å². The van der Waals surface area contributed by atoms with Crippen LogP contribution in [0.25, 0.3) is 0 Å². The molecule has 0 aromatic rings. The summed E-state index contributed by atoms with van der Waals surface area (Å²) in [5, 5.41) is 17.4. The summed E-state index contributed by atoms with van der Waals surface area (Å²) in [5.74, 6) is -2.19. The molecule has 0 aliphatic carbocycles. The topological polar surface area (TPSA) is 74.6 Å². The molecular weight excluding hydrogens is 184 g/mol. The maximum atomic E-state index is 10.8. The molecule has 0 aliphatic rings. The van der Waals surface area contributed by atoms with Crippen molar-refractivity contribution in [2.24, 2.45) is 17.8 Å². The molecule has 0 saturated carbocycles. The van der Waals surface area contributed by atoms with Crippen molar-refractivity contribution < 1.29 is 19.8 Å². The van der Waals surface area contributed by atoms with E-state index >= 15 is 0 Å². The molecule has 0 spiro atoms. The van der Waals surface area contributed by atoms with Crippen LogP contribution < -0.4 is 0 Å². The fourth-order valence-corrected chi connectivity index (χ4v) is 1.47. The molecule has 0 radical (unpaired) electrons. The van der Waals surface area contributed by atoms with Crippen molar-refractivity contribution in [1.29, 1.82) is 0 Å². The smallest absolute Gasteiger partial charge is 0.306 e. The van der Waals surface area contributed by atoms with Gasteiger partial charge >= 0.3 is 11.9 Å². The van der Waals surface area contributed by atoms with Gasteiger partial charge in [0.2, 0.25) is 0 Å². The van der Waals surface area contributed by atoms with E-state index in [9.17, 15) is 9.59 Å². The molecule has 0 amide bonds. The molecule has 2 unspecified atom stereocenters. The lowest BCUT2D eigenvalue weighted by atomic mass is 9.86. The summed E-state index contributed by atoms with van der Waals surface area (Å²) in [6.07, 6.45) is 0.468. The van der Waals surface area contributed by atoms with E-state index < -0.39 is 17.9 Å². The number of carbonyl (C=O) groups is 2. The average Bonchev–Trinajstić information content (AvgIpc) is 1.97. The minimum absolute atomic E-state index is 0.0382. The van der Waals surface area contributed by atoms with E-state index in [1.54, 1.807) is 6.92 Å². The second-order valence-corrected chi connectivity index (χ2v) is 4.13. The molecule has 14 heavy (non-hydrogen) atoms. The van der Waals surface area contributed by atoms with Crippen molar-refractivity contribution in [3.05, 3.63) is 0 Å². The molecule has 2 N–H and O–H groups in total. The average molecular weight is 202 g/mol. The summed E-state index contributed by atoms with van der Waals surface area (Å²) in [5.41, 5.74) is 0. The van der Waals surface area contributed by atoms with Gasteiger partial charge in [-0.2, -0.15) is 0 Å². The van der Waals surface area contributed by atoms with Gasteiger partial charge in [-0.3, -0.25) is 9.59 Å². The van der Waals surface area contributed by atoms with Crippen LogP contribution in [0, 0.1) is 17.8 Å². The molecule has 0 saturated heterocycles. The number of rotatable bonds is 6.